The van der Waals surface area contributed by atoms with Gasteiger partial charge in [-0.3, -0.25) is 19.7 Å². The van der Waals surface area contributed by atoms with E-state index >= 15 is 0 Å². The van der Waals surface area contributed by atoms with Crippen molar-refractivity contribution < 1.29 is 23.9 Å². The summed E-state index contributed by atoms with van der Waals surface area (Å²) in [5, 5.41) is 1.84. The maximum absolute atomic E-state index is 12.3. The lowest BCUT2D eigenvalue weighted by Gasteiger charge is -2.20. The fraction of sp³-hybridized carbons (Fsp3) is 0.412. The number of imide groups is 1. The molecule has 1 aliphatic heterocycles. The van der Waals surface area contributed by atoms with Gasteiger partial charge in [-0.1, -0.05) is 25.1 Å². The maximum Gasteiger partial charge on any atom is 0.318 e. The van der Waals surface area contributed by atoms with Crippen LogP contribution in [0.4, 0.5) is 10.5 Å². The molecule has 1 saturated heterocycles. The first kappa shape index (κ1) is 18.4. The Hall–Kier alpha value is -2.90. The molecule has 2 rings (SSSR count). The molecule has 134 valence electrons. The van der Waals surface area contributed by atoms with Gasteiger partial charge in [0.2, 0.25) is 5.91 Å². The standard InChI is InChI=1S/C17H21N3O5/c1-3-11-6-4-5-7-13(11)20-9-12(8-14(20)21)16(23)25-10(2)15(22)19-17(18)24/h4-7,10,12H,3,8-9H2,1-2H3,(H3,18,19,22,24)/t10-,12+/m1/s1. The predicted octanol–water partition coefficient (Wildman–Crippen LogP) is 0.729. The molecule has 1 heterocycles. The first-order chi connectivity index (χ1) is 11.8. The van der Waals surface area contributed by atoms with Crippen molar-refractivity contribution in [2.45, 2.75) is 32.8 Å². The Morgan fingerprint density at radius 3 is 2.68 bits per heavy atom. The number of urea groups is 1. The molecule has 4 amide bonds. The van der Waals surface area contributed by atoms with E-state index in [2.05, 4.69) is 0 Å². The van der Waals surface area contributed by atoms with Crippen LogP contribution in [0.2, 0.25) is 0 Å². The Labute approximate surface area is 145 Å². The lowest BCUT2D eigenvalue weighted by atomic mass is 10.1. The number of ether oxygens (including phenoxy) is 1. The third kappa shape index (κ3) is 4.34. The van der Waals surface area contributed by atoms with E-state index in [-0.39, 0.29) is 18.9 Å². The van der Waals surface area contributed by atoms with Gasteiger partial charge in [0.1, 0.15) is 0 Å². The van der Waals surface area contributed by atoms with Crippen LogP contribution in [-0.4, -0.2) is 36.5 Å². The van der Waals surface area contributed by atoms with Gasteiger partial charge in [-0.2, -0.15) is 0 Å². The van der Waals surface area contributed by atoms with Crippen LogP contribution in [0.1, 0.15) is 25.8 Å². The molecule has 1 aliphatic rings. The first-order valence-electron chi connectivity index (χ1n) is 8.02. The number of aryl methyl sites for hydroxylation is 1. The summed E-state index contributed by atoms with van der Waals surface area (Å²) in [6, 6.07) is 6.49. The van der Waals surface area contributed by atoms with E-state index in [0.717, 1.165) is 17.7 Å². The number of benzene rings is 1. The Morgan fingerprint density at radius 2 is 2.04 bits per heavy atom. The Morgan fingerprint density at radius 1 is 1.36 bits per heavy atom. The molecule has 3 N–H and O–H groups in total. The van der Waals surface area contributed by atoms with Gasteiger partial charge in [0.05, 0.1) is 5.92 Å². The lowest BCUT2D eigenvalue weighted by molar-refractivity contribution is -0.158. The van der Waals surface area contributed by atoms with Crippen molar-refractivity contribution in [3.05, 3.63) is 29.8 Å². The van der Waals surface area contributed by atoms with E-state index in [4.69, 9.17) is 10.5 Å². The number of hydrogen-bond donors (Lipinski definition) is 2. The van der Waals surface area contributed by atoms with Gasteiger partial charge in [-0.15, -0.1) is 0 Å². The van der Waals surface area contributed by atoms with E-state index in [1.165, 1.54) is 6.92 Å². The van der Waals surface area contributed by atoms with Crippen LogP contribution in [0, 0.1) is 5.92 Å². The monoisotopic (exact) mass is 347 g/mol. The molecule has 0 aliphatic carbocycles. The van der Waals surface area contributed by atoms with Crippen molar-refractivity contribution in [1.29, 1.82) is 0 Å². The second-order valence-electron chi connectivity index (χ2n) is 5.82. The van der Waals surface area contributed by atoms with Gasteiger partial charge in [0.15, 0.2) is 6.10 Å². The minimum Gasteiger partial charge on any atom is -0.452 e. The van der Waals surface area contributed by atoms with Crippen molar-refractivity contribution in [2.24, 2.45) is 11.7 Å². The number of esters is 1. The third-order valence-corrected chi connectivity index (χ3v) is 4.03. The summed E-state index contributed by atoms with van der Waals surface area (Å²) in [6.45, 7) is 3.51. The SMILES string of the molecule is CCc1ccccc1N1C[C@@H](C(=O)O[C@H](C)C(=O)NC(N)=O)CC1=O. The van der Waals surface area contributed by atoms with E-state index in [1.807, 2.05) is 36.5 Å². The van der Waals surface area contributed by atoms with Crippen LogP contribution in [-0.2, 0) is 25.5 Å². The summed E-state index contributed by atoms with van der Waals surface area (Å²) in [5.41, 5.74) is 6.64. The first-order valence-corrected chi connectivity index (χ1v) is 8.02. The number of nitrogens with one attached hydrogen (secondary N) is 1. The summed E-state index contributed by atoms with van der Waals surface area (Å²) in [6.07, 6.45) is -0.396. The number of amides is 4. The van der Waals surface area contributed by atoms with E-state index in [1.54, 1.807) is 4.90 Å². The summed E-state index contributed by atoms with van der Waals surface area (Å²) < 4.78 is 5.05. The highest BCUT2D eigenvalue weighted by Crippen LogP contribution is 2.29. The molecule has 0 saturated carbocycles. The zero-order chi connectivity index (χ0) is 18.6. The number of rotatable bonds is 5. The molecule has 8 nitrogen and oxygen atoms in total. The lowest BCUT2D eigenvalue weighted by Crippen LogP contribution is -2.42. The summed E-state index contributed by atoms with van der Waals surface area (Å²) >= 11 is 0. The normalized spacial score (nSPS) is 17.9. The molecule has 0 bridgehead atoms. The number of hydrogen-bond acceptors (Lipinski definition) is 5. The molecule has 2 atom stereocenters. The van der Waals surface area contributed by atoms with Crippen LogP contribution in [0.15, 0.2) is 24.3 Å². The Bertz CT molecular complexity index is 703. The molecule has 1 fully saturated rings. The van der Waals surface area contributed by atoms with Gasteiger partial charge >= 0.3 is 12.0 Å². The minimum atomic E-state index is -1.17. The number of primary amides is 1. The van der Waals surface area contributed by atoms with Crippen LogP contribution in [0.5, 0.6) is 0 Å². The van der Waals surface area contributed by atoms with Crippen molar-refractivity contribution in [1.82, 2.24) is 5.32 Å². The van der Waals surface area contributed by atoms with Crippen molar-refractivity contribution in [2.75, 3.05) is 11.4 Å². The molecular weight excluding hydrogens is 326 g/mol. The molecule has 1 aromatic carbocycles. The van der Waals surface area contributed by atoms with Gasteiger partial charge in [0.25, 0.3) is 5.91 Å². The van der Waals surface area contributed by atoms with Gasteiger partial charge < -0.3 is 15.4 Å². The number of carbonyl (C=O) groups excluding carboxylic acids is 4. The second kappa shape index (κ2) is 7.78. The van der Waals surface area contributed by atoms with E-state index in [0.29, 0.717) is 0 Å². The van der Waals surface area contributed by atoms with Gasteiger partial charge in [-0.05, 0) is 25.0 Å². The minimum absolute atomic E-state index is 0.0149. The smallest absolute Gasteiger partial charge is 0.318 e. The zero-order valence-electron chi connectivity index (χ0n) is 14.2. The highest BCUT2D eigenvalue weighted by Gasteiger charge is 2.37. The maximum atomic E-state index is 12.3. The summed E-state index contributed by atoms with van der Waals surface area (Å²) in [7, 11) is 0. The highest BCUT2D eigenvalue weighted by molar-refractivity contribution is 6.01. The van der Waals surface area contributed by atoms with Crippen LogP contribution in [0.3, 0.4) is 0 Å². The Balaban J connectivity index is 2.03. The fourth-order valence-corrected chi connectivity index (χ4v) is 2.72. The van der Waals surface area contributed by atoms with Crippen LogP contribution in [0.25, 0.3) is 0 Å². The van der Waals surface area contributed by atoms with Crippen LogP contribution < -0.4 is 16.0 Å². The molecule has 0 aromatic heterocycles. The molecule has 0 unspecified atom stereocenters. The average Bonchev–Trinajstić information content (AvgIpc) is 2.95. The Kier molecular flexibility index (Phi) is 5.74. The number of nitrogens with zero attached hydrogens (tertiary/aromatic N) is 1. The van der Waals surface area contributed by atoms with Crippen LogP contribution >= 0.6 is 0 Å². The number of nitrogens with two attached hydrogens (primary N) is 1. The number of carbonyl (C=O) groups is 4. The topological polar surface area (TPSA) is 119 Å². The summed E-state index contributed by atoms with van der Waals surface area (Å²) in [5.74, 6) is -2.30. The summed E-state index contributed by atoms with van der Waals surface area (Å²) in [4.78, 5) is 48.3. The van der Waals surface area contributed by atoms with E-state index < -0.39 is 29.9 Å². The van der Waals surface area contributed by atoms with E-state index in [9.17, 15) is 19.2 Å². The predicted molar refractivity (Wildman–Crippen MR) is 89.6 cm³/mol. The second-order valence-corrected chi connectivity index (χ2v) is 5.82. The average molecular weight is 347 g/mol. The molecule has 0 radical (unpaired) electrons. The quantitative estimate of drug-likeness (QED) is 0.761. The van der Waals surface area contributed by atoms with Crippen molar-refractivity contribution >= 4 is 29.5 Å². The molecule has 1 aromatic rings. The van der Waals surface area contributed by atoms with Crippen molar-refractivity contribution in [3.8, 4) is 0 Å². The highest BCUT2D eigenvalue weighted by atomic mass is 16.5. The molecular formula is C17H21N3O5. The van der Waals surface area contributed by atoms with Crippen molar-refractivity contribution in [3.63, 3.8) is 0 Å². The third-order valence-electron chi connectivity index (χ3n) is 4.03. The van der Waals surface area contributed by atoms with Gasteiger partial charge in [-0.25, -0.2) is 4.79 Å². The number of anilines is 1. The number of para-hydroxylation sites is 1. The fourth-order valence-electron chi connectivity index (χ4n) is 2.72. The largest absolute Gasteiger partial charge is 0.452 e. The molecule has 25 heavy (non-hydrogen) atoms. The molecule has 0 spiro atoms. The van der Waals surface area contributed by atoms with Gasteiger partial charge in [0, 0.05) is 18.7 Å². The zero-order valence-corrected chi connectivity index (χ0v) is 14.2. The molecule has 8 heteroatoms.